The van der Waals surface area contributed by atoms with Crippen molar-refractivity contribution in [1.82, 2.24) is 10.6 Å². The van der Waals surface area contributed by atoms with Crippen LogP contribution in [0.25, 0.3) is 0 Å². The second kappa shape index (κ2) is 10.8. The standard InChI is InChI=1S/C24H20Cl2N2O5/c1-14(29)33-20-10-9-15(13-21(20)32-2)22(27-23(30)16-5-3-7-18(25)11-16)28-24(31)17-6-4-8-19(26)12-17/h3-13,22H,1-2H3,(H,27,30)(H,28,31). The van der Waals surface area contributed by atoms with Crippen molar-refractivity contribution in [2.75, 3.05) is 7.11 Å². The molecule has 3 rings (SSSR count). The maximum atomic E-state index is 12.9. The molecule has 0 fully saturated rings. The highest BCUT2D eigenvalue weighted by molar-refractivity contribution is 6.31. The van der Waals surface area contributed by atoms with Gasteiger partial charge in [-0.2, -0.15) is 0 Å². The number of esters is 1. The minimum atomic E-state index is -0.955. The molecule has 9 heteroatoms. The lowest BCUT2D eigenvalue weighted by molar-refractivity contribution is -0.132. The summed E-state index contributed by atoms with van der Waals surface area (Å²) in [5.74, 6) is -0.980. The van der Waals surface area contributed by atoms with Gasteiger partial charge in [0.15, 0.2) is 11.5 Å². The van der Waals surface area contributed by atoms with Gasteiger partial charge >= 0.3 is 5.97 Å². The van der Waals surface area contributed by atoms with Gasteiger partial charge in [0.2, 0.25) is 0 Å². The van der Waals surface area contributed by atoms with Crippen molar-refractivity contribution in [2.24, 2.45) is 0 Å². The molecule has 33 heavy (non-hydrogen) atoms. The van der Waals surface area contributed by atoms with Crippen LogP contribution in [-0.4, -0.2) is 24.9 Å². The van der Waals surface area contributed by atoms with Crippen molar-refractivity contribution < 1.29 is 23.9 Å². The molecule has 0 bridgehead atoms. The predicted octanol–water partition coefficient (Wildman–Crippen LogP) is 4.79. The van der Waals surface area contributed by atoms with Gasteiger partial charge in [-0.05, 0) is 54.1 Å². The summed E-state index contributed by atoms with van der Waals surface area (Å²) in [6.45, 7) is 1.27. The van der Waals surface area contributed by atoms with Crippen molar-refractivity contribution in [3.05, 3.63) is 93.5 Å². The zero-order chi connectivity index (χ0) is 24.0. The van der Waals surface area contributed by atoms with Crippen LogP contribution in [-0.2, 0) is 4.79 Å². The number of halogens is 2. The number of methoxy groups -OCH3 is 1. The van der Waals surface area contributed by atoms with Gasteiger partial charge in [0.1, 0.15) is 6.17 Å². The van der Waals surface area contributed by atoms with Gasteiger partial charge in [-0.25, -0.2) is 0 Å². The monoisotopic (exact) mass is 486 g/mol. The van der Waals surface area contributed by atoms with Crippen molar-refractivity contribution in [3.63, 3.8) is 0 Å². The van der Waals surface area contributed by atoms with E-state index in [0.717, 1.165) is 0 Å². The van der Waals surface area contributed by atoms with Crippen LogP contribution in [0.1, 0.15) is 39.4 Å². The van der Waals surface area contributed by atoms with Gasteiger partial charge in [-0.15, -0.1) is 0 Å². The summed E-state index contributed by atoms with van der Waals surface area (Å²) >= 11 is 12.0. The number of rotatable bonds is 7. The van der Waals surface area contributed by atoms with E-state index in [2.05, 4.69) is 10.6 Å². The number of benzene rings is 3. The molecule has 0 heterocycles. The second-order valence-corrected chi connectivity index (χ2v) is 7.78. The fourth-order valence-electron chi connectivity index (χ4n) is 2.99. The maximum absolute atomic E-state index is 12.9. The summed E-state index contributed by atoms with van der Waals surface area (Å²) in [4.78, 5) is 37.1. The molecule has 0 unspecified atom stereocenters. The van der Waals surface area contributed by atoms with Gasteiger partial charge in [-0.3, -0.25) is 14.4 Å². The Bertz CT molecular complexity index is 1140. The van der Waals surface area contributed by atoms with E-state index in [9.17, 15) is 14.4 Å². The van der Waals surface area contributed by atoms with Crippen LogP contribution in [0.3, 0.4) is 0 Å². The van der Waals surface area contributed by atoms with Gasteiger partial charge in [0, 0.05) is 28.1 Å². The van der Waals surface area contributed by atoms with Crippen LogP contribution in [0, 0.1) is 0 Å². The summed E-state index contributed by atoms with van der Waals surface area (Å²) in [6, 6.07) is 17.5. The summed E-state index contributed by atoms with van der Waals surface area (Å²) in [7, 11) is 1.41. The Morgan fingerprint density at radius 3 is 1.79 bits per heavy atom. The lowest BCUT2D eigenvalue weighted by Crippen LogP contribution is -2.41. The largest absolute Gasteiger partial charge is 0.493 e. The third-order valence-corrected chi connectivity index (χ3v) is 4.97. The molecular weight excluding hydrogens is 467 g/mol. The topological polar surface area (TPSA) is 93.7 Å². The van der Waals surface area contributed by atoms with Crippen LogP contribution >= 0.6 is 23.2 Å². The number of ether oxygens (including phenoxy) is 2. The summed E-state index contributed by atoms with van der Waals surface area (Å²) < 4.78 is 10.4. The SMILES string of the molecule is COc1cc(C(NC(=O)c2cccc(Cl)c2)NC(=O)c2cccc(Cl)c2)ccc1OC(C)=O. The average molecular weight is 487 g/mol. The Kier molecular flexibility index (Phi) is 7.92. The van der Waals surface area contributed by atoms with Crippen LogP contribution in [0.4, 0.5) is 0 Å². The molecule has 0 aliphatic rings. The lowest BCUT2D eigenvalue weighted by Gasteiger charge is -2.22. The highest BCUT2D eigenvalue weighted by atomic mass is 35.5. The van der Waals surface area contributed by atoms with Crippen molar-refractivity contribution >= 4 is 41.0 Å². The number of hydrogen-bond acceptors (Lipinski definition) is 5. The molecule has 0 saturated carbocycles. The Labute approximate surface area is 200 Å². The van der Waals surface area contributed by atoms with Gasteiger partial charge in [-0.1, -0.05) is 41.4 Å². The van der Waals surface area contributed by atoms with E-state index >= 15 is 0 Å². The molecule has 3 aromatic rings. The molecule has 0 spiro atoms. The van der Waals surface area contributed by atoms with E-state index in [1.807, 2.05) is 0 Å². The second-order valence-electron chi connectivity index (χ2n) is 6.90. The molecular formula is C24H20Cl2N2O5. The minimum Gasteiger partial charge on any atom is -0.493 e. The number of amides is 2. The Hall–Kier alpha value is -3.55. The predicted molar refractivity (Wildman–Crippen MR) is 125 cm³/mol. The van der Waals surface area contributed by atoms with Gasteiger partial charge in [0.25, 0.3) is 11.8 Å². The zero-order valence-electron chi connectivity index (χ0n) is 17.7. The van der Waals surface area contributed by atoms with E-state index in [0.29, 0.717) is 26.7 Å². The first-order valence-corrected chi connectivity index (χ1v) is 10.5. The Morgan fingerprint density at radius 1 is 0.788 bits per heavy atom. The fourth-order valence-corrected chi connectivity index (χ4v) is 3.37. The number of carbonyl (C=O) groups excluding carboxylic acids is 3. The highest BCUT2D eigenvalue weighted by Gasteiger charge is 2.21. The number of hydrogen-bond donors (Lipinski definition) is 2. The molecule has 0 aromatic heterocycles. The molecule has 2 N–H and O–H groups in total. The van der Waals surface area contributed by atoms with Crippen LogP contribution < -0.4 is 20.1 Å². The van der Waals surface area contributed by atoms with E-state index in [1.54, 1.807) is 48.5 Å². The fraction of sp³-hybridized carbons (Fsp3) is 0.125. The highest BCUT2D eigenvalue weighted by Crippen LogP contribution is 2.30. The van der Waals surface area contributed by atoms with Gasteiger partial charge in [0.05, 0.1) is 7.11 Å². The van der Waals surface area contributed by atoms with Gasteiger partial charge < -0.3 is 20.1 Å². The summed E-state index contributed by atoms with van der Waals surface area (Å²) in [6.07, 6.45) is -0.955. The number of carbonyl (C=O) groups is 3. The maximum Gasteiger partial charge on any atom is 0.308 e. The Balaban J connectivity index is 1.94. The number of nitrogens with one attached hydrogen (secondary N) is 2. The van der Waals surface area contributed by atoms with Crippen molar-refractivity contribution in [2.45, 2.75) is 13.1 Å². The Morgan fingerprint density at radius 2 is 1.33 bits per heavy atom. The van der Waals surface area contributed by atoms with Crippen molar-refractivity contribution in [3.8, 4) is 11.5 Å². The van der Waals surface area contributed by atoms with Crippen LogP contribution in [0.15, 0.2) is 66.7 Å². The molecule has 0 saturated heterocycles. The average Bonchev–Trinajstić information content (AvgIpc) is 2.78. The van der Waals surface area contributed by atoms with E-state index < -0.39 is 23.9 Å². The molecule has 0 atom stereocenters. The van der Waals surface area contributed by atoms with Crippen molar-refractivity contribution in [1.29, 1.82) is 0 Å². The first-order valence-electron chi connectivity index (χ1n) is 9.76. The van der Waals surface area contributed by atoms with E-state index in [4.69, 9.17) is 32.7 Å². The molecule has 0 aliphatic heterocycles. The summed E-state index contributed by atoms with van der Waals surface area (Å²) in [5.41, 5.74) is 1.11. The first kappa shape index (κ1) is 24.1. The zero-order valence-corrected chi connectivity index (χ0v) is 19.2. The minimum absolute atomic E-state index is 0.204. The normalized spacial score (nSPS) is 10.5. The molecule has 170 valence electrons. The van der Waals surface area contributed by atoms with Crippen LogP contribution in [0.5, 0.6) is 11.5 Å². The lowest BCUT2D eigenvalue weighted by atomic mass is 10.1. The molecule has 2 amide bonds. The molecule has 0 aliphatic carbocycles. The summed E-state index contributed by atoms with van der Waals surface area (Å²) in [5, 5.41) is 6.35. The first-order chi connectivity index (χ1) is 15.8. The molecule has 0 radical (unpaired) electrons. The smallest absolute Gasteiger partial charge is 0.308 e. The van der Waals surface area contributed by atoms with E-state index in [-0.39, 0.29) is 11.5 Å². The quantitative estimate of drug-likeness (QED) is 0.284. The third-order valence-electron chi connectivity index (χ3n) is 4.50. The van der Waals surface area contributed by atoms with E-state index in [1.165, 1.54) is 32.2 Å². The van der Waals surface area contributed by atoms with Crippen LogP contribution in [0.2, 0.25) is 10.0 Å². The third kappa shape index (κ3) is 6.47. The molecule has 3 aromatic carbocycles. The molecule has 7 nitrogen and oxygen atoms in total.